The highest BCUT2D eigenvalue weighted by Gasteiger charge is 2.08. The minimum atomic E-state index is -1.34. The van der Waals surface area contributed by atoms with E-state index >= 15 is 0 Å². The van der Waals surface area contributed by atoms with Gasteiger partial charge >= 0.3 is 0 Å². The van der Waals surface area contributed by atoms with Gasteiger partial charge in [0, 0.05) is 0 Å². The first-order chi connectivity index (χ1) is 10.5. The van der Waals surface area contributed by atoms with Crippen LogP contribution >= 0.6 is 12.2 Å². The number of hydrogen-bond donors (Lipinski definition) is 1. The molecule has 22 heavy (non-hydrogen) atoms. The summed E-state index contributed by atoms with van der Waals surface area (Å²) in [6, 6.07) is 9.26. The summed E-state index contributed by atoms with van der Waals surface area (Å²) in [5.74, 6) is -1.77. The van der Waals surface area contributed by atoms with Crippen LogP contribution in [-0.4, -0.2) is 15.5 Å². The van der Waals surface area contributed by atoms with Gasteiger partial charge in [0.15, 0.2) is 4.77 Å². The predicted molar refractivity (Wildman–Crippen MR) is 79.0 cm³/mol. The first-order valence-corrected chi connectivity index (χ1v) is 6.64. The summed E-state index contributed by atoms with van der Waals surface area (Å²) in [6.45, 7) is 0. The average Bonchev–Trinajstić information content (AvgIpc) is 2.48. The highest BCUT2D eigenvalue weighted by molar-refractivity contribution is 7.71. The third kappa shape index (κ3) is 2.31. The highest BCUT2D eigenvalue weighted by Crippen LogP contribution is 2.13. The molecule has 7 heteroatoms. The Balaban J connectivity index is 2.32. The lowest BCUT2D eigenvalue weighted by molar-refractivity contribution is -0.255. The molecule has 1 heterocycles. The Morgan fingerprint density at radius 1 is 1.18 bits per heavy atom. The molecule has 0 fully saturated rings. The number of carboxylic acid groups (broad SMARTS) is 1. The van der Waals surface area contributed by atoms with Gasteiger partial charge in [0.25, 0.3) is 5.56 Å². The first kappa shape index (κ1) is 14.2. The minimum Gasteiger partial charge on any atom is -0.545 e. The summed E-state index contributed by atoms with van der Waals surface area (Å²) >= 11 is 5.14. The van der Waals surface area contributed by atoms with Crippen molar-refractivity contribution in [1.29, 1.82) is 0 Å². The molecule has 5 nitrogen and oxygen atoms in total. The van der Waals surface area contributed by atoms with Crippen LogP contribution in [0.5, 0.6) is 0 Å². The van der Waals surface area contributed by atoms with Gasteiger partial charge in [-0.3, -0.25) is 9.36 Å². The van der Waals surface area contributed by atoms with E-state index in [0.717, 1.165) is 0 Å². The normalized spacial score (nSPS) is 10.8. The van der Waals surface area contributed by atoms with Gasteiger partial charge in [0.1, 0.15) is 5.82 Å². The van der Waals surface area contributed by atoms with Crippen molar-refractivity contribution in [2.45, 2.75) is 0 Å². The molecule has 3 aromatic rings. The van der Waals surface area contributed by atoms with Gasteiger partial charge < -0.3 is 14.9 Å². The molecule has 0 saturated heterocycles. The third-order valence-corrected chi connectivity index (χ3v) is 3.50. The van der Waals surface area contributed by atoms with Crippen molar-refractivity contribution in [2.75, 3.05) is 0 Å². The van der Waals surface area contributed by atoms with E-state index in [1.54, 1.807) is 0 Å². The maximum atomic E-state index is 13.0. The van der Waals surface area contributed by atoms with Crippen molar-refractivity contribution in [3.8, 4) is 5.69 Å². The Labute approximate surface area is 128 Å². The van der Waals surface area contributed by atoms with E-state index in [1.807, 2.05) is 0 Å². The molecule has 0 bridgehead atoms. The van der Waals surface area contributed by atoms with E-state index in [2.05, 4.69) is 4.98 Å². The van der Waals surface area contributed by atoms with E-state index in [9.17, 15) is 19.1 Å². The smallest absolute Gasteiger partial charge is 0.266 e. The largest absolute Gasteiger partial charge is 0.545 e. The van der Waals surface area contributed by atoms with Crippen molar-refractivity contribution in [1.82, 2.24) is 9.55 Å². The van der Waals surface area contributed by atoms with Crippen LogP contribution in [0, 0.1) is 10.6 Å². The monoisotopic (exact) mass is 315 g/mol. The lowest BCUT2D eigenvalue weighted by Crippen LogP contribution is -2.23. The molecule has 0 radical (unpaired) electrons. The van der Waals surface area contributed by atoms with Crippen LogP contribution in [0.25, 0.3) is 16.6 Å². The number of halogens is 1. The molecule has 0 spiro atoms. The lowest BCUT2D eigenvalue weighted by Gasteiger charge is -2.09. The standard InChI is InChI=1S/C15H9FN2O3S/c16-9-2-4-10(5-3-9)18-13(19)11-6-1-8(14(20)21)7-12(11)17-15(18)22/h1-7H,(H,17,22)(H,20,21)/p-1. The highest BCUT2D eigenvalue weighted by atomic mass is 32.1. The van der Waals surface area contributed by atoms with Crippen LogP contribution in [-0.2, 0) is 0 Å². The lowest BCUT2D eigenvalue weighted by atomic mass is 10.1. The maximum Gasteiger partial charge on any atom is 0.266 e. The van der Waals surface area contributed by atoms with Gasteiger partial charge in [0.2, 0.25) is 0 Å². The van der Waals surface area contributed by atoms with Crippen molar-refractivity contribution >= 4 is 29.1 Å². The third-order valence-electron chi connectivity index (χ3n) is 3.22. The van der Waals surface area contributed by atoms with E-state index in [0.29, 0.717) is 11.2 Å². The molecule has 3 rings (SSSR count). The van der Waals surface area contributed by atoms with Gasteiger partial charge in [0.05, 0.1) is 22.6 Å². The molecular weight excluding hydrogens is 307 g/mol. The number of carbonyl (C=O) groups is 1. The van der Waals surface area contributed by atoms with E-state index in [1.165, 1.54) is 47.0 Å². The van der Waals surface area contributed by atoms with Gasteiger partial charge in [-0.25, -0.2) is 4.39 Å². The fraction of sp³-hybridized carbons (Fsp3) is 0. The topological polar surface area (TPSA) is 77.9 Å². The number of carboxylic acids is 1. The number of fused-ring (bicyclic) bond motifs is 1. The zero-order chi connectivity index (χ0) is 15.9. The second-order valence-corrected chi connectivity index (χ2v) is 4.98. The van der Waals surface area contributed by atoms with Crippen molar-refractivity contribution < 1.29 is 14.3 Å². The maximum absolute atomic E-state index is 13.0. The van der Waals surface area contributed by atoms with Gasteiger partial charge in [-0.15, -0.1) is 0 Å². The second kappa shape index (κ2) is 5.19. The van der Waals surface area contributed by atoms with Crippen LogP contribution in [0.2, 0.25) is 0 Å². The van der Waals surface area contributed by atoms with Crippen LogP contribution < -0.4 is 10.7 Å². The molecule has 0 aliphatic rings. The molecule has 0 aliphatic carbocycles. The Morgan fingerprint density at radius 3 is 2.50 bits per heavy atom. The average molecular weight is 315 g/mol. The van der Waals surface area contributed by atoms with Crippen LogP contribution in [0.4, 0.5) is 4.39 Å². The van der Waals surface area contributed by atoms with Crippen LogP contribution in [0.15, 0.2) is 47.3 Å². The summed E-state index contributed by atoms with van der Waals surface area (Å²) < 4.78 is 14.3. The van der Waals surface area contributed by atoms with Crippen molar-refractivity contribution in [3.63, 3.8) is 0 Å². The number of aromatic nitrogens is 2. The number of aromatic amines is 1. The summed E-state index contributed by atoms with van der Waals surface area (Å²) in [5.41, 5.74) is 0.237. The molecule has 1 aromatic heterocycles. The molecule has 0 amide bonds. The minimum absolute atomic E-state index is 0.0583. The Kier molecular flexibility index (Phi) is 3.34. The van der Waals surface area contributed by atoms with E-state index in [4.69, 9.17) is 12.2 Å². The SMILES string of the molecule is O=C([O-])c1ccc2c(=O)n(-c3ccc(F)cc3)c(=S)[nH]c2c1. The predicted octanol–water partition coefficient (Wildman–Crippen LogP) is 1.55. The van der Waals surface area contributed by atoms with Crippen molar-refractivity contribution in [3.05, 3.63) is 69.0 Å². The quantitative estimate of drug-likeness (QED) is 0.728. The summed E-state index contributed by atoms with van der Waals surface area (Å²) in [5, 5.41) is 11.1. The molecule has 2 aromatic carbocycles. The molecular formula is C15H8FN2O3S-. The summed E-state index contributed by atoms with van der Waals surface area (Å²) in [4.78, 5) is 26.2. The Bertz CT molecular complexity index is 1010. The molecule has 0 unspecified atom stereocenters. The van der Waals surface area contributed by atoms with Crippen molar-refractivity contribution in [2.24, 2.45) is 0 Å². The number of rotatable bonds is 2. The number of aromatic carboxylic acids is 1. The van der Waals surface area contributed by atoms with Gasteiger partial charge in [-0.2, -0.15) is 0 Å². The van der Waals surface area contributed by atoms with Crippen LogP contribution in [0.1, 0.15) is 10.4 Å². The van der Waals surface area contributed by atoms with E-state index < -0.39 is 17.3 Å². The fourth-order valence-corrected chi connectivity index (χ4v) is 2.47. The fourth-order valence-electron chi connectivity index (χ4n) is 2.17. The number of nitrogens with one attached hydrogen (secondary N) is 1. The number of H-pyrrole nitrogens is 1. The van der Waals surface area contributed by atoms with Gasteiger partial charge in [-0.1, -0.05) is 6.07 Å². The number of nitrogens with zero attached hydrogens (tertiary/aromatic N) is 1. The summed E-state index contributed by atoms with van der Waals surface area (Å²) in [7, 11) is 0. The molecule has 0 saturated carbocycles. The molecule has 1 N–H and O–H groups in total. The first-order valence-electron chi connectivity index (χ1n) is 6.24. The zero-order valence-electron chi connectivity index (χ0n) is 11.0. The number of hydrogen-bond acceptors (Lipinski definition) is 4. The Morgan fingerprint density at radius 2 is 1.86 bits per heavy atom. The number of benzene rings is 2. The van der Waals surface area contributed by atoms with Gasteiger partial charge in [-0.05, 0) is 54.2 Å². The number of carbonyl (C=O) groups excluding carboxylic acids is 1. The molecule has 0 atom stereocenters. The Hall–Kier alpha value is -2.80. The zero-order valence-corrected chi connectivity index (χ0v) is 11.8. The molecule has 0 aliphatic heterocycles. The summed E-state index contributed by atoms with van der Waals surface area (Å²) in [6.07, 6.45) is 0. The second-order valence-electron chi connectivity index (χ2n) is 4.59. The van der Waals surface area contributed by atoms with Crippen LogP contribution in [0.3, 0.4) is 0 Å². The molecule has 110 valence electrons. The van der Waals surface area contributed by atoms with E-state index in [-0.39, 0.29) is 15.7 Å².